The lowest BCUT2D eigenvalue weighted by molar-refractivity contribution is -0.142. The van der Waals surface area contributed by atoms with Gasteiger partial charge in [0.15, 0.2) is 6.61 Å². The van der Waals surface area contributed by atoms with Crippen LogP contribution in [0.3, 0.4) is 0 Å². The van der Waals surface area contributed by atoms with Gasteiger partial charge in [-0.25, -0.2) is 0 Å². The van der Waals surface area contributed by atoms with E-state index < -0.39 is 6.04 Å². The van der Waals surface area contributed by atoms with E-state index in [0.717, 1.165) is 22.3 Å². The number of rotatable bonds is 10. The molecule has 0 aliphatic carbocycles. The van der Waals surface area contributed by atoms with E-state index in [9.17, 15) is 9.59 Å². The van der Waals surface area contributed by atoms with E-state index in [1.807, 2.05) is 87.5 Å². The van der Waals surface area contributed by atoms with Gasteiger partial charge in [-0.05, 0) is 67.3 Å². The fourth-order valence-corrected chi connectivity index (χ4v) is 3.92. The van der Waals surface area contributed by atoms with E-state index in [1.165, 1.54) is 0 Å². The van der Waals surface area contributed by atoms with Gasteiger partial charge in [-0.2, -0.15) is 0 Å². The first-order valence-corrected chi connectivity index (χ1v) is 11.8. The maximum Gasteiger partial charge on any atom is 0.261 e. The van der Waals surface area contributed by atoms with Crippen molar-refractivity contribution in [2.75, 3.05) is 13.2 Å². The summed E-state index contributed by atoms with van der Waals surface area (Å²) in [5.41, 5.74) is 4.05. The van der Waals surface area contributed by atoms with Gasteiger partial charge in [-0.1, -0.05) is 60.1 Å². The fourth-order valence-electron chi connectivity index (χ4n) is 3.71. The van der Waals surface area contributed by atoms with Gasteiger partial charge < -0.3 is 15.0 Å². The van der Waals surface area contributed by atoms with Crippen LogP contribution in [-0.2, 0) is 22.6 Å². The summed E-state index contributed by atoms with van der Waals surface area (Å²) in [5, 5.41) is 3.46. The Bertz CT molecular complexity index is 1120. The number of nitrogens with one attached hydrogen (secondary N) is 1. The molecule has 178 valence electrons. The second-order valence-corrected chi connectivity index (χ2v) is 8.72. The predicted octanol–water partition coefficient (Wildman–Crippen LogP) is 5.11. The van der Waals surface area contributed by atoms with E-state index >= 15 is 0 Å². The molecule has 3 aromatic carbocycles. The van der Waals surface area contributed by atoms with Gasteiger partial charge in [0.1, 0.15) is 11.8 Å². The number of halogens is 1. The van der Waals surface area contributed by atoms with Crippen LogP contribution < -0.4 is 10.1 Å². The molecule has 3 rings (SSSR count). The van der Waals surface area contributed by atoms with Crippen molar-refractivity contribution >= 4 is 23.4 Å². The molecule has 34 heavy (non-hydrogen) atoms. The van der Waals surface area contributed by atoms with Crippen molar-refractivity contribution in [3.63, 3.8) is 0 Å². The average Bonchev–Trinajstić information content (AvgIpc) is 2.82. The molecule has 0 spiro atoms. The fraction of sp³-hybridized carbons (Fsp3) is 0.286. The molecule has 0 radical (unpaired) electrons. The van der Waals surface area contributed by atoms with Crippen LogP contribution in [0.25, 0.3) is 0 Å². The van der Waals surface area contributed by atoms with Crippen LogP contribution in [-0.4, -0.2) is 35.9 Å². The Morgan fingerprint density at radius 3 is 2.35 bits per heavy atom. The molecule has 3 aromatic rings. The Morgan fingerprint density at radius 2 is 1.68 bits per heavy atom. The summed E-state index contributed by atoms with van der Waals surface area (Å²) >= 11 is 6.19. The number of nitrogens with zero attached hydrogens (tertiary/aromatic N) is 1. The molecule has 5 nitrogen and oxygen atoms in total. The zero-order chi connectivity index (χ0) is 24.5. The lowest BCUT2D eigenvalue weighted by Gasteiger charge is -2.31. The molecule has 0 fully saturated rings. The molecular formula is C28H31ClN2O3. The molecular weight excluding hydrogens is 448 g/mol. The van der Waals surface area contributed by atoms with Crippen molar-refractivity contribution in [3.05, 3.63) is 100 Å². The Kier molecular flexibility index (Phi) is 9.11. The molecule has 0 saturated carbocycles. The number of carbonyl (C=O) groups is 2. The zero-order valence-electron chi connectivity index (χ0n) is 19.9. The van der Waals surface area contributed by atoms with Gasteiger partial charge in [0.05, 0.1) is 0 Å². The minimum Gasteiger partial charge on any atom is -0.484 e. The normalized spacial score (nSPS) is 11.5. The number of hydrogen-bond acceptors (Lipinski definition) is 3. The van der Waals surface area contributed by atoms with Crippen molar-refractivity contribution < 1.29 is 14.3 Å². The van der Waals surface area contributed by atoms with Crippen LogP contribution in [0.15, 0.2) is 72.8 Å². The van der Waals surface area contributed by atoms with E-state index in [4.69, 9.17) is 16.3 Å². The van der Waals surface area contributed by atoms with Crippen LogP contribution in [0.4, 0.5) is 0 Å². The monoisotopic (exact) mass is 478 g/mol. The standard InChI is InChI=1S/C28H31ClN2O3/c1-4-30-28(33)26(17-22-9-6-5-7-10-22)31(18-23-11-8-12-24(29)16-23)27(32)19-34-25-14-13-20(2)21(3)15-25/h5-16,26H,4,17-19H2,1-3H3,(H,30,33)/t26-/m1/s1. The summed E-state index contributed by atoms with van der Waals surface area (Å²) in [6.07, 6.45) is 0.391. The van der Waals surface area contributed by atoms with Gasteiger partial charge in [-0.15, -0.1) is 0 Å². The quantitative estimate of drug-likeness (QED) is 0.440. The van der Waals surface area contributed by atoms with E-state index in [-0.39, 0.29) is 25.0 Å². The summed E-state index contributed by atoms with van der Waals surface area (Å²) in [4.78, 5) is 28.2. The highest BCUT2D eigenvalue weighted by Crippen LogP contribution is 2.19. The minimum atomic E-state index is -0.697. The summed E-state index contributed by atoms with van der Waals surface area (Å²) < 4.78 is 5.84. The number of likely N-dealkylation sites (N-methyl/N-ethyl adjacent to an activating group) is 1. The summed E-state index contributed by atoms with van der Waals surface area (Å²) in [5.74, 6) is 0.148. The van der Waals surface area contributed by atoms with Crippen molar-refractivity contribution in [1.82, 2.24) is 10.2 Å². The highest BCUT2D eigenvalue weighted by atomic mass is 35.5. The molecule has 0 bridgehead atoms. The average molecular weight is 479 g/mol. The highest BCUT2D eigenvalue weighted by molar-refractivity contribution is 6.30. The van der Waals surface area contributed by atoms with Crippen LogP contribution in [0.5, 0.6) is 5.75 Å². The lowest BCUT2D eigenvalue weighted by atomic mass is 10.0. The van der Waals surface area contributed by atoms with Crippen molar-refractivity contribution in [2.45, 2.75) is 39.8 Å². The van der Waals surface area contributed by atoms with Crippen LogP contribution >= 0.6 is 11.6 Å². The maximum atomic E-state index is 13.5. The Balaban J connectivity index is 1.89. The van der Waals surface area contributed by atoms with E-state index in [1.54, 1.807) is 11.0 Å². The Morgan fingerprint density at radius 1 is 0.941 bits per heavy atom. The predicted molar refractivity (Wildman–Crippen MR) is 136 cm³/mol. The van der Waals surface area contributed by atoms with Crippen LogP contribution in [0.1, 0.15) is 29.2 Å². The number of benzene rings is 3. The highest BCUT2D eigenvalue weighted by Gasteiger charge is 2.30. The van der Waals surface area contributed by atoms with Crippen molar-refractivity contribution in [3.8, 4) is 5.75 Å². The third kappa shape index (κ3) is 7.09. The van der Waals surface area contributed by atoms with Gasteiger partial charge in [-0.3, -0.25) is 9.59 Å². The molecule has 1 atom stereocenters. The number of ether oxygens (including phenoxy) is 1. The molecule has 2 amide bonds. The van der Waals surface area contributed by atoms with Gasteiger partial charge in [0.2, 0.25) is 5.91 Å². The van der Waals surface area contributed by atoms with Gasteiger partial charge in [0.25, 0.3) is 5.91 Å². The maximum absolute atomic E-state index is 13.5. The van der Waals surface area contributed by atoms with Crippen molar-refractivity contribution in [2.24, 2.45) is 0 Å². The van der Waals surface area contributed by atoms with E-state index in [0.29, 0.717) is 23.7 Å². The van der Waals surface area contributed by atoms with Crippen molar-refractivity contribution in [1.29, 1.82) is 0 Å². The molecule has 1 N–H and O–H groups in total. The third-order valence-corrected chi connectivity index (χ3v) is 5.94. The summed E-state index contributed by atoms with van der Waals surface area (Å²) in [6.45, 7) is 6.43. The molecule has 6 heteroatoms. The molecule has 0 unspecified atom stereocenters. The lowest BCUT2D eigenvalue weighted by Crippen LogP contribution is -2.51. The van der Waals surface area contributed by atoms with E-state index in [2.05, 4.69) is 5.32 Å². The summed E-state index contributed by atoms with van der Waals surface area (Å²) in [6, 6.07) is 22.1. The zero-order valence-corrected chi connectivity index (χ0v) is 20.6. The first-order chi connectivity index (χ1) is 16.4. The number of hydrogen-bond donors (Lipinski definition) is 1. The van der Waals surface area contributed by atoms with Crippen LogP contribution in [0.2, 0.25) is 5.02 Å². The Hall–Kier alpha value is -3.31. The smallest absolute Gasteiger partial charge is 0.261 e. The second-order valence-electron chi connectivity index (χ2n) is 8.29. The minimum absolute atomic E-state index is 0.173. The first kappa shape index (κ1) is 25.3. The first-order valence-electron chi connectivity index (χ1n) is 11.4. The number of amides is 2. The number of aryl methyl sites for hydroxylation is 2. The summed E-state index contributed by atoms with van der Waals surface area (Å²) in [7, 11) is 0. The SMILES string of the molecule is CCNC(=O)[C@@H](Cc1ccccc1)N(Cc1cccc(Cl)c1)C(=O)COc1ccc(C)c(C)c1. The van der Waals surface area contributed by atoms with Gasteiger partial charge in [0, 0.05) is 24.5 Å². The molecule has 0 heterocycles. The third-order valence-electron chi connectivity index (χ3n) is 5.70. The van der Waals surface area contributed by atoms with Crippen LogP contribution in [0, 0.1) is 13.8 Å². The molecule has 0 saturated heterocycles. The Labute approximate surface area is 206 Å². The molecule has 0 aromatic heterocycles. The molecule has 0 aliphatic rings. The number of carbonyl (C=O) groups excluding carboxylic acids is 2. The largest absolute Gasteiger partial charge is 0.484 e. The van der Waals surface area contributed by atoms with Gasteiger partial charge >= 0.3 is 0 Å². The molecule has 0 aliphatic heterocycles. The topological polar surface area (TPSA) is 58.6 Å². The second kappa shape index (κ2) is 12.2.